The Morgan fingerprint density at radius 3 is 2.68 bits per heavy atom. The molecule has 1 heterocycles. The molecule has 0 aliphatic carbocycles. The van der Waals surface area contributed by atoms with Crippen LogP contribution in [0.1, 0.15) is 29.1 Å². The number of rotatable bonds is 5. The number of benzene rings is 1. The van der Waals surface area contributed by atoms with Gasteiger partial charge in [-0.3, -0.25) is 0 Å². The van der Waals surface area contributed by atoms with Gasteiger partial charge in [-0.2, -0.15) is 0 Å². The average molecular weight is 326 g/mol. The Bertz CT molecular complexity index is 701. The molecule has 0 aliphatic heterocycles. The van der Waals surface area contributed by atoms with Gasteiger partial charge in [-0.05, 0) is 25.5 Å². The molecule has 2 aromatic rings. The summed E-state index contributed by atoms with van der Waals surface area (Å²) in [5.41, 5.74) is 5.80. The van der Waals surface area contributed by atoms with Crippen molar-refractivity contribution < 1.29 is 18.3 Å². The van der Waals surface area contributed by atoms with Crippen LogP contribution in [-0.2, 0) is 11.2 Å². The number of carbonyl (C=O) groups is 1. The lowest BCUT2D eigenvalue weighted by Gasteiger charge is -2.10. The Kier molecular flexibility index (Phi) is 4.97. The fourth-order valence-corrected chi connectivity index (χ4v) is 2.88. The van der Waals surface area contributed by atoms with Crippen molar-refractivity contribution in [2.24, 2.45) is 0 Å². The zero-order chi connectivity index (χ0) is 16.3. The Balaban J connectivity index is 2.41. The van der Waals surface area contributed by atoms with Crippen LogP contribution in [0.5, 0.6) is 0 Å². The van der Waals surface area contributed by atoms with Gasteiger partial charge in [-0.25, -0.2) is 13.6 Å². The van der Waals surface area contributed by atoms with E-state index >= 15 is 0 Å². The molecule has 0 unspecified atom stereocenters. The van der Waals surface area contributed by atoms with Crippen molar-refractivity contribution in [2.75, 3.05) is 17.7 Å². The second kappa shape index (κ2) is 6.74. The van der Waals surface area contributed by atoms with E-state index in [9.17, 15) is 13.6 Å². The zero-order valence-electron chi connectivity index (χ0n) is 12.2. The van der Waals surface area contributed by atoms with E-state index in [1.54, 1.807) is 13.0 Å². The molecular formula is C15H16F2N2O2S. The highest BCUT2D eigenvalue weighted by atomic mass is 32.1. The minimum atomic E-state index is -0.854. The maximum absolute atomic E-state index is 13.5. The normalized spacial score (nSPS) is 10.5. The number of nitrogen functional groups attached to an aromatic ring is 1. The van der Waals surface area contributed by atoms with Crippen LogP contribution in [0.4, 0.5) is 25.2 Å². The van der Waals surface area contributed by atoms with Crippen LogP contribution >= 0.6 is 11.3 Å². The largest absolute Gasteiger partial charge is 0.462 e. The monoisotopic (exact) mass is 326 g/mol. The van der Waals surface area contributed by atoms with Gasteiger partial charge in [0.05, 0.1) is 23.5 Å². The van der Waals surface area contributed by atoms with Crippen LogP contribution < -0.4 is 11.1 Å². The van der Waals surface area contributed by atoms with Crippen molar-refractivity contribution >= 4 is 33.7 Å². The number of halogens is 2. The lowest BCUT2D eigenvalue weighted by molar-refractivity contribution is 0.0528. The van der Waals surface area contributed by atoms with Gasteiger partial charge in [0.15, 0.2) is 5.82 Å². The van der Waals surface area contributed by atoms with Gasteiger partial charge < -0.3 is 15.8 Å². The van der Waals surface area contributed by atoms with Gasteiger partial charge in [-0.15, -0.1) is 11.3 Å². The number of carbonyl (C=O) groups excluding carboxylic acids is 1. The fraction of sp³-hybridized carbons (Fsp3) is 0.267. The number of hydrogen-bond acceptors (Lipinski definition) is 5. The molecule has 4 nitrogen and oxygen atoms in total. The Labute approximate surface area is 130 Å². The van der Waals surface area contributed by atoms with Gasteiger partial charge >= 0.3 is 5.97 Å². The Hall–Kier alpha value is -2.15. The molecule has 0 bridgehead atoms. The second-order valence-electron chi connectivity index (χ2n) is 4.50. The smallest absolute Gasteiger partial charge is 0.341 e. The summed E-state index contributed by atoms with van der Waals surface area (Å²) in [4.78, 5) is 12.9. The summed E-state index contributed by atoms with van der Waals surface area (Å²) in [6, 6.07) is 3.49. The molecule has 0 radical (unpaired) electrons. The molecule has 0 spiro atoms. The lowest BCUT2D eigenvalue weighted by atomic mass is 10.2. The molecule has 0 amide bonds. The van der Waals surface area contributed by atoms with E-state index in [-0.39, 0.29) is 18.0 Å². The molecular weight excluding hydrogens is 310 g/mol. The first-order valence-corrected chi connectivity index (χ1v) is 7.59. The van der Waals surface area contributed by atoms with Gasteiger partial charge in [0.1, 0.15) is 10.8 Å². The summed E-state index contributed by atoms with van der Waals surface area (Å²) >= 11 is 1.32. The molecule has 22 heavy (non-hydrogen) atoms. The topological polar surface area (TPSA) is 64.3 Å². The predicted molar refractivity (Wildman–Crippen MR) is 83.7 cm³/mol. The van der Waals surface area contributed by atoms with E-state index in [2.05, 4.69) is 5.32 Å². The number of esters is 1. The fourth-order valence-electron chi connectivity index (χ4n) is 1.88. The van der Waals surface area contributed by atoms with Crippen molar-refractivity contribution in [2.45, 2.75) is 20.3 Å². The summed E-state index contributed by atoms with van der Waals surface area (Å²) in [7, 11) is 0. The Morgan fingerprint density at radius 2 is 2.05 bits per heavy atom. The number of ether oxygens (including phenoxy) is 1. The van der Waals surface area contributed by atoms with Crippen molar-refractivity contribution in [1.82, 2.24) is 0 Å². The van der Waals surface area contributed by atoms with Crippen molar-refractivity contribution in [3.63, 3.8) is 0 Å². The van der Waals surface area contributed by atoms with Crippen molar-refractivity contribution in [1.29, 1.82) is 0 Å². The zero-order valence-corrected chi connectivity index (χ0v) is 13.0. The highest BCUT2D eigenvalue weighted by Gasteiger charge is 2.18. The molecule has 2 rings (SSSR count). The molecule has 0 saturated heterocycles. The third-order valence-electron chi connectivity index (χ3n) is 2.97. The number of nitrogens with one attached hydrogen (secondary N) is 1. The molecule has 0 aliphatic rings. The highest BCUT2D eigenvalue weighted by Crippen LogP contribution is 2.34. The summed E-state index contributed by atoms with van der Waals surface area (Å²) in [5, 5.41) is 3.28. The van der Waals surface area contributed by atoms with Crippen LogP contribution in [0.2, 0.25) is 0 Å². The van der Waals surface area contributed by atoms with E-state index in [1.807, 2.05) is 6.92 Å². The van der Waals surface area contributed by atoms with E-state index < -0.39 is 17.6 Å². The summed E-state index contributed by atoms with van der Waals surface area (Å²) in [5.74, 6) is -2.09. The van der Waals surface area contributed by atoms with E-state index in [0.717, 1.165) is 17.4 Å². The first kappa shape index (κ1) is 16.2. The average Bonchev–Trinajstić information content (AvgIpc) is 2.87. The molecule has 0 fully saturated rings. The first-order valence-electron chi connectivity index (χ1n) is 6.77. The van der Waals surface area contributed by atoms with E-state index in [1.165, 1.54) is 11.3 Å². The molecule has 3 N–H and O–H groups in total. The van der Waals surface area contributed by atoms with Gasteiger partial charge in [0.2, 0.25) is 0 Å². The van der Waals surface area contributed by atoms with Crippen molar-refractivity contribution in [3.8, 4) is 0 Å². The third kappa shape index (κ3) is 3.36. The molecule has 1 aromatic carbocycles. The maximum Gasteiger partial charge on any atom is 0.341 e. The standard InChI is InChI=1S/C15H16F2N2O2S/c1-3-9-7-10(15(20)21-4-2)14(22-9)19-12-6-8(16)5-11(17)13(12)18/h5-7,19H,3-4,18H2,1-2H3. The first-order chi connectivity index (χ1) is 10.5. The minimum absolute atomic E-state index is 0.0764. The Morgan fingerprint density at radius 1 is 1.32 bits per heavy atom. The number of anilines is 3. The number of hydrogen-bond donors (Lipinski definition) is 2. The second-order valence-corrected chi connectivity index (χ2v) is 5.64. The summed E-state index contributed by atoms with van der Waals surface area (Å²) < 4.78 is 31.8. The van der Waals surface area contributed by atoms with E-state index in [0.29, 0.717) is 16.6 Å². The van der Waals surface area contributed by atoms with E-state index in [4.69, 9.17) is 10.5 Å². The van der Waals surface area contributed by atoms with Crippen LogP contribution in [-0.4, -0.2) is 12.6 Å². The molecule has 118 valence electrons. The van der Waals surface area contributed by atoms with Crippen LogP contribution in [0.3, 0.4) is 0 Å². The quantitative estimate of drug-likeness (QED) is 0.641. The molecule has 0 saturated carbocycles. The van der Waals surface area contributed by atoms with Crippen LogP contribution in [0, 0.1) is 11.6 Å². The maximum atomic E-state index is 13.5. The number of nitrogens with two attached hydrogens (primary N) is 1. The highest BCUT2D eigenvalue weighted by molar-refractivity contribution is 7.16. The summed E-state index contributed by atoms with van der Waals surface area (Å²) in [6.07, 6.45) is 0.728. The van der Waals surface area contributed by atoms with Gasteiger partial charge in [0.25, 0.3) is 0 Å². The number of thiophene rings is 1. The molecule has 1 aromatic heterocycles. The van der Waals surface area contributed by atoms with Crippen LogP contribution in [0.15, 0.2) is 18.2 Å². The molecule has 7 heteroatoms. The third-order valence-corrected chi connectivity index (χ3v) is 4.16. The lowest BCUT2D eigenvalue weighted by Crippen LogP contribution is -2.07. The minimum Gasteiger partial charge on any atom is -0.462 e. The van der Waals surface area contributed by atoms with Crippen molar-refractivity contribution in [3.05, 3.63) is 40.3 Å². The van der Waals surface area contributed by atoms with Crippen LogP contribution in [0.25, 0.3) is 0 Å². The van der Waals surface area contributed by atoms with Gasteiger partial charge in [-0.1, -0.05) is 6.92 Å². The van der Waals surface area contributed by atoms with Gasteiger partial charge in [0, 0.05) is 10.9 Å². The summed E-state index contributed by atoms with van der Waals surface area (Å²) in [6.45, 7) is 3.89. The number of aryl methyl sites for hydroxylation is 1. The predicted octanol–water partition coefficient (Wildman–Crippen LogP) is 4.09. The SMILES string of the molecule is CCOC(=O)c1cc(CC)sc1Nc1cc(F)cc(F)c1N. The molecule has 0 atom stereocenters.